The number of aromatic nitrogens is 2. The number of hydrogen-bond donors (Lipinski definition) is 0. The SMILES string of the molecule is CC(C)(C)CCc1cc(-c2ccc(S(C)(=O)=O)cc2)n(S(=O)(=O)c2cccnc2)c1. The Morgan fingerprint density at radius 2 is 1.63 bits per heavy atom. The zero-order chi connectivity index (χ0) is 22.2. The van der Waals surface area contributed by atoms with E-state index in [-0.39, 0.29) is 15.2 Å². The number of sulfone groups is 1. The lowest BCUT2D eigenvalue weighted by Gasteiger charge is -2.16. The molecule has 6 nitrogen and oxygen atoms in total. The second kappa shape index (κ2) is 8.00. The second-order valence-corrected chi connectivity index (χ2v) is 12.4. The zero-order valence-electron chi connectivity index (χ0n) is 17.5. The highest BCUT2D eigenvalue weighted by Crippen LogP contribution is 2.30. The van der Waals surface area contributed by atoms with Gasteiger partial charge in [0, 0.05) is 24.8 Å². The maximum Gasteiger partial charge on any atom is 0.269 e. The molecule has 1 aromatic carbocycles. The Hall–Kier alpha value is -2.45. The lowest BCUT2D eigenvalue weighted by Crippen LogP contribution is -2.13. The molecule has 0 amide bonds. The van der Waals surface area contributed by atoms with Gasteiger partial charge in [-0.2, -0.15) is 0 Å². The van der Waals surface area contributed by atoms with Crippen LogP contribution in [0.15, 0.2) is 70.8 Å². The molecule has 0 N–H and O–H groups in total. The fraction of sp³-hybridized carbons (Fsp3) is 0.318. The number of rotatable bonds is 6. The fourth-order valence-electron chi connectivity index (χ4n) is 3.05. The molecule has 0 fully saturated rings. The summed E-state index contributed by atoms with van der Waals surface area (Å²) in [5.74, 6) is 0. The van der Waals surface area contributed by atoms with Crippen LogP contribution in [0.1, 0.15) is 32.8 Å². The highest BCUT2D eigenvalue weighted by molar-refractivity contribution is 7.90. The van der Waals surface area contributed by atoms with Crippen molar-refractivity contribution in [2.75, 3.05) is 6.26 Å². The summed E-state index contributed by atoms with van der Waals surface area (Å²) < 4.78 is 51.4. The van der Waals surface area contributed by atoms with E-state index in [1.54, 1.807) is 24.4 Å². The van der Waals surface area contributed by atoms with E-state index in [0.29, 0.717) is 11.3 Å². The van der Waals surface area contributed by atoms with Crippen molar-refractivity contribution in [1.82, 2.24) is 8.96 Å². The van der Waals surface area contributed by atoms with Gasteiger partial charge in [-0.1, -0.05) is 32.9 Å². The minimum Gasteiger partial charge on any atom is -0.263 e. The Kier molecular flexibility index (Phi) is 5.93. The average Bonchev–Trinajstić information content (AvgIpc) is 3.11. The fourth-order valence-corrected chi connectivity index (χ4v) is 5.04. The first kappa shape index (κ1) is 22.2. The van der Waals surface area contributed by atoms with Crippen LogP contribution in [0, 0.1) is 5.41 Å². The third-order valence-corrected chi connectivity index (χ3v) is 7.56. The van der Waals surface area contributed by atoms with Crippen LogP contribution in [-0.4, -0.2) is 32.0 Å². The van der Waals surface area contributed by atoms with Crippen molar-refractivity contribution in [2.24, 2.45) is 5.41 Å². The van der Waals surface area contributed by atoms with Crippen LogP contribution in [0.25, 0.3) is 11.3 Å². The molecule has 0 aliphatic rings. The molecule has 0 bridgehead atoms. The van der Waals surface area contributed by atoms with Crippen LogP contribution >= 0.6 is 0 Å². The summed E-state index contributed by atoms with van der Waals surface area (Å²) in [5, 5.41) is 0. The minimum atomic E-state index is -3.85. The van der Waals surface area contributed by atoms with Crippen molar-refractivity contribution in [1.29, 1.82) is 0 Å². The molecule has 0 spiro atoms. The molecule has 0 saturated carbocycles. The van der Waals surface area contributed by atoms with Crippen molar-refractivity contribution in [3.05, 3.63) is 66.6 Å². The molecule has 8 heteroatoms. The quantitative estimate of drug-likeness (QED) is 0.567. The van der Waals surface area contributed by atoms with Gasteiger partial charge in [0.2, 0.25) is 0 Å². The minimum absolute atomic E-state index is 0.0944. The predicted octanol–water partition coefficient (Wildman–Crippen LogP) is 4.17. The Balaban J connectivity index is 2.12. The second-order valence-electron chi connectivity index (χ2n) is 8.58. The highest BCUT2D eigenvalue weighted by atomic mass is 32.2. The summed E-state index contributed by atoms with van der Waals surface area (Å²) in [6.45, 7) is 6.42. The molecule has 0 atom stereocenters. The third kappa shape index (κ3) is 4.99. The van der Waals surface area contributed by atoms with Crippen LogP contribution in [0.4, 0.5) is 0 Å². The maximum absolute atomic E-state index is 13.3. The topological polar surface area (TPSA) is 86.1 Å². The Morgan fingerprint density at radius 1 is 0.967 bits per heavy atom. The van der Waals surface area contributed by atoms with Gasteiger partial charge in [0.15, 0.2) is 9.84 Å². The molecule has 3 aromatic rings. The third-order valence-electron chi connectivity index (χ3n) is 4.78. The van der Waals surface area contributed by atoms with Gasteiger partial charge >= 0.3 is 0 Å². The predicted molar refractivity (Wildman–Crippen MR) is 118 cm³/mol. The number of hydrogen-bond acceptors (Lipinski definition) is 5. The first-order valence-corrected chi connectivity index (χ1v) is 12.9. The van der Waals surface area contributed by atoms with E-state index in [9.17, 15) is 16.8 Å². The van der Waals surface area contributed by atoms with E-state index >= 15 is 0 Å². The molecule has 0 aliphatic carbocycles. The van der Waals surface area contributed by atoms with Gasteiger partial charge in [-0.05, 0) is 59.7 Å². The van der Waals surface area contributed by atoms with Crippen LogP contribution in [0.5, 0.6) is 0 Å². The van der Waals surface area contributed by atoms with E-state index in [2.05, 4.69) is 25.8 Å². The zero-order valence-corrected chi connectivity index (χ0v) is 19.2. The number of benzene rings is 1. The standard InChI is InChI=1S/C22H26N2O4S2/c1-22(2,3)12-11-17-14-21(18-7-9-19(10-8-18)29(4,25)26)24(16-17)30(27,28)20-6-5-13-23-15-20/h5-10,13-16H,11-12H2,1-4H3. The van der Waals surface area contributed by atoms with Crippen LogP contribution in [0.2, 0.25) is 0 Å². The van der Waals surface area contributed by atoms with Crippen LogP contribution < -0.4 is 0 Å². The van der Waals surface area contributed by atoms with E-state index in [1.165, 1.54) is 34.6 Å². The van der Waals surface area contributed by atoms with E-state index in [4.69, 9.17) is 0 Å². The van der Waals surface area contributed by atoms with Crippen LogP contribution in [0.3, 0.4) is 0 Å². The molecule has 0 aliphatic heterocycles. The van der Waals surface area contributed by atoms with Crippen molar-refractivity contribution in [3.63, 3.8) is 0 Å². The summed E-state index contributed by atoms with van der Waals surface area (Å²) in [4.78, 5) is 4.22. The Labute approximate surface area is 178 Å². The van der Waals surface area contributed by atoms with Crippen LogP contribution in [-0.2, 0) is 26.3 Å². The molecule has 3 rings (SSSR count). The lowest BCUT2D eigenvalue weighted by atomic mass is 9.89. The van der Waals surface area contributed by atoms with Gasteiger partial charge in [0.05, 0.1) is 10.6 Å². The Bertz CT molecular complexity index is 1240. The summed E-state index contributed by atoms with van der Waals surface area (Å²) >= 11 is 0. The van der Waals surface area contributed by atoms with Gasteiger partial charge < -0.3 is 0 Å². The van der Waals surface area contributed by atoms with Crippen molar-refractivity contribution in [3.8, 4) is 11.3 Å². The van der Waals surface area contributed by atoms with E-state index in [1.807, 2.05) is 6.07 Å². The van der Waals surface area contributed by atoms with Gasteiger partial charge in [-0.3, -0.25) is 4.98 Å². The molecule has 2 heterocycles. The summed E-state index contributed by atoms with van der Waals surface area (Å²) in [6.07, 6.45) is 7.26. The van der Waals surface area contributed by atoms with Crippen molar-refractivity contribution < 1.29 is 16.8 Å². The summed E-state index contributed by atoms with van der Waals surface area (Å²) in [6, 6.07) is 11.2. The first-order valence-electron chi connectivity index (χ1n) is 9.55. The van der Waals surface area contributed by atoms with Gasteiger partial charge in [-0.25, -0.2) is 20.8 Å². The molecule has 160 valence electrons. The Morgan fingerprint density at radius 3 is 2.17 bits per heavy atom. The van der Waals surface area contributed by atoms with Gasteiger partial charge in [-0.15, -0.1) is 0 Å². The molecule has 2 aromatic heterocycles. The summed E-state index contributed by atoms with van der Waals surface area (Å²) in [5.41, 5.74) is 2.13. The molecule has 0 unspecified atom stereocenters. The molecular weight excluding hydrogens is 420 g/mol. The normalized spacial score (nSPS) is 12.8. The number of pyridine rings is 1. The van der Waals surface area contributed by atoms with Gasteiger partial charge in [0.25, 0.3) is 10.0 Å². The number of nitrogens with zero attached hydrogens (tertiary/aromatic N) is 2. The molecule has 0 radical (unpaired) electrons. The monoisotopic (exact) mass is 446 g/mol. The molecule has 30 heavy (non-hydrogen) atoms. The number of aryl methyl sites for hydroxylation is 1. The maximum atomic E-state index is 13.3. The average molecular weight is 447 g/mol. The lowest BCUT2D eigenvalue weighted by molar-refractivity contribution is 0.378. The smallest absolute Gasteiger partial charge is 0.263 e. The molecular formula is C22H26N2O4S2. The molecule has 0 saturated heterocycles. The van der Waals surface area contributed by atoms with Gasteiger partial charge in [0.1, 0.15) is 4.90 Å². The first-order chi connectivity index (χ1) is 13.9. The van der Waals surface area contributed by atoms with Crippen molar-refractivity contribution >= 4 is 19.9 Å². The highest BCUT2D eigenvalue weighted by Gasteiger charge is 2.23. The van der Waals surface area contributed by atoms with Crippen molar-refractivity contribution in [2.45, 2.75) is 43.4 Å². The summed E-state index contributed by atoms with van der Waals surface area (Å²) in [7, 11) is -7.19. The van der Waals surface area contributed by atoms with E-state index < -0.39 is 19.9 Å². The largest absolute Gasteiger partial charge is 0.269 e. The van der Waals surface area contributed by atoms with E-state index in [0.717, 1.165) is 24.7 Å².